The number of hydrogen-bond donors (Lipinski definition) is 0. The van der Waals surface area contributed by atoms with Crippen LogP contribution in [0.5, 0.6) is 5.75 Å². The maximum absolute atomic E-state index is 12.8. The number of carbonyl (C=O) groups excluding carboxylic acids is 1. The number of benzene rings is 1. The molecule has 1 aliphatic heterocycles. The quantitative estimate of drug-likeness (QED) is 0.466. The highest BCUT2D eigenvalue weighted by atomic mass is 35.5. The van der Waals surface area contributed by atoms with Gasteiger partial charge in [-0.3, -0.25) is 4.79 Å². The van der Waals surface area contributed by atoms with E-state index in [1.54, 1.807) is 43.1 Å². The number of ether oxygens (including phenoxy) is 1. The zero-order valence-corrected chi connectivity index (χ0v) is 17.3. The Hall–Kier alpha value is -1.39. The van der Waals surface area contributed by atoms with Gasteiger partial charge in [0.1, 0.15) is 5.75 Å². The van der Waals surface area contributed by atoms with Crippen molar-refractivity contribution in [1.29, 1.82) is 0 Å². The average molecular weight is 380 g/mol. The van der Waals surface area contributed by atoms with E-state index in [0.29, 0.717) is 22.3 Å². The predicted octanol–water partition coefficient (Wildman–Crippen LogP) is 5.97. The summed E-state index contributed by atoms with van der Waals surface area (Å²) >= 11 is 7.72. The van der Waals surface area contributed by atoms with Crippen molar-refractivity contribution in [3.63, 3.8) is 0 Å². The molecule has 1 aromatic rings. The van der Waals surface area contributed by atoms with E-state index in [0.717, 1.165) is 11.6 Å². The highest BCUT2D eigenvalue weighted by Gasteiger charge is 2.28. The molecule has 0 fully saturated rings. The van der Waals surface area contributed by atoms with Gasteiger partial charge in [0.25, 0.3) is 0 Å². The summed E-state index contributed by atoms with van der Waals surface area (Å²) < 4.78 is 5.31. The normalized spacial score (nSPS) is 16.6. The fourth-order valence-corrected chi connectivity index (χ4v) is 3.75. The van der Waals surface area contributed by atoms with E-state index in [-0.39, 0.29) is 11.2 Å². The van der Waals surface area contributed by atoms with Crippen molar-refractivity contribution in [3.8, 4) is 5.75 Å². The van der Waals surface area contributed by atoms with Crippen molar-refractivity contribution in [3.05, 3.63) is 51.0 Å². The summed E-state index contributed by atoms with van der Waals surface area (Å²) in [5, 5.41) is 1.47. The van der Waals surface area contributed by atoms with Gasteiger partial charge in [0.05, 0.1) is 17.7 Å². The zero-order chi connectivity index (χ0) is 18.8. The van der Waals surface area contributed by atoms with Crippen molar-refractivity contribution in [2.45, 2.75) is 34.6 Å². The second-order valence-corrected chi connectivity index (χ2v) is 9.08. The summed E-state index contributed by atoms with van der Waals surface area (Å²) in [4.78, 5) is 16.3. The Bertz CT molecular complexity index is 717. The van der Waals surface area contributed by atoms with Crippen LogP contribution in [-0.2, 0) is 0 Å². The lowest BCUT2D eigenvalue weighted by atomic mass is 9.96. The average Bonchev–Trinajstić information content (AvgIpc) is 2.89. The lowest BCUT2D eigenvalue weighted by Crippen LogP contribution is -2.19. The fourth-order valence-electron chi connectivity index (χ4n) is 2.46. The minimum Gasteiger partial charge on any atom is -0.496 e. The molecule has 0 spiro atoms. The molecule has 1 aromatic carbocycles. The van der Waals surface area contributed by atoms with Crippen LogP contribution in [0.25, 0.3) is 0 Å². The van der Waals surface area contributed by atoms with Crippen LogP contribution in [0, 0.1) is 11.3 Å². The molecule has 0 saturated heterocycles. The molecule has 0 radical (unpaired) electrons. The topological polar surface area (TPSA) is 29.5 Å². The van der Waals surface area contributed by atoms with E-state index < -0.39 is 0 Å². The van der Waals surface area contributed by atoms with Crippen LogP contribution in [0.15, 0.2) is 40.4 Å². The van der Waals surface area contributed by atoms with Crippen molar-refractivity contribution >= 4 is 29.1 Å². The molecule has 0 amide bonds. The number of hydrogen-bond acceptors (Lipinski definition) is 4. The molecule has 0 atom stereocenters. The summed E-state index contributed by atoms with van der Waals surface area (Å²) in [5.41, 5.74) is 0.531. The molecular weight excluding hydrogens is 354 g/mol. The maximum Gasteiger partial charge on any atom is 0.192 e. The molecule has 5 heteroatoms. The van der Waals surface area contributed by atoms with Crippen LogP contribution in [-0.4, -0.2) is 24.3 Å². The van der Waals surface area contributed by atoms with Crippen LogP contribution < -0.4 is 4.74 Å². The molecule has 25 heavy (non-hydrogen) atoms. The number of allylic oxidation sites excluding steroid dienone is 2. The van der Waals surface area contributed by atoms with Crippen molar-refractivity contribution in [2.24, 2.45) is 11.3 Å². The number of ketones is 1. The standard InChI is InChI=1S/C20H26ClNO2S/c1-13(2)11-22-12-18(20(3,4)5)25-19(22)10-16(23)15-9-14(21)7-8-17(15)24-6/h7-10,12-13H,11H2,1-6H3. The fraction of sp³-hybridized carbons (Fsp3) is 0.450. The van der Waals surface area contributed by atoms with Gasteiger partial charge in [-0.15, -0.1) is 0 Å². The van der Waals surface area contributed by atoms with Gasteiger partial charge in [0, 0.05) is 28.7 Å². The highest BCUT2D eigenvalue weighted by Crippen LogP contribution is 2.45. The first kappa shape index (κ1) is 19.9. The molecular formula is C20H26ClNO2S. The van der Waals surface area contributed by atoms with Crippen LogP contribution in [0.4, 0.5) is 0 Å². The van der Waals surface area contributed by atoms with Gasteiger partial charge < -0.3 is 9.64 Å². The molecule has 1 heterocycles. The Kier molecular flexibility index (Phi) is 6.28. The number of methoxy groups -OCH3 is 1. The van der Waals surface area contributed by atoms with Crippen LogP contribution in [0.1, 0.15) is 45.0 Å². The van der Waals surface area contributed by atoms with Crippen molar-refractivity contribution in [2.75, 3.05) is 13.7 Å². The molecule has 0 aromatic heterocycles. The molecule has 0 N–H and O–H groups in total. The number of halogens is 1. The Morgan fingerprint density at radius 3 is 2.60 bits per heavy atom. The van der Waals surface area contributed by atoms with E-state index in [1.165, 1.54) is 4.91 Å². The van der Waals surface area contributed by atoms with Crippen LogP contribution >= 0.6 is 23.4 Å². The molecule has 0 bridgehead atoms. The van der Waals surface area contributed by atoms with Gasteiger partial charge in [-0.2, -0.15) is 0 Å². The first-order valence-electron chi connectivity index (χ1n) is 8.38. The van der Waals surface area contributed by atoms with Gasteiger partial charge in [0.15, 0.2) is 5.78 Å². The van der Waals surface area contributed by atoms with E-state index in [1.807, 2.05) is 0 Å². The van der Waals surface area contributed by atoms with E-state index in [9.17, 15) is 4.79 Å². The van der Waals surface area contributed by atoms with E-state index >= 15 is 0 Å². The molecule has 0 aliphatic carbocycles. The first-order valence-corrected chi connectivity index (χ1v) is 9.57. The minimum absolute atomic E-state index is 0.0479. The summed E-state index contributed by atoms with van der Waals surface area (Å²) in [5.74, 6) is 0.934. The van der Waals surface area contributed by atoms with Crippen molar-refractivity contribution < 1.29 is 9.53 Å². The van der Waals surface area contributed by atoms with Crippen LogP contribution in [0.3, 0.4) is 0 Å². The third-order valence-corrected chi connectivity index (χ3v) is 5.49. The third kappa shape index (κ3) is 5.05. The summed E-state index contributed by atoms with van der Waals surface area (Å²) in [7, 11) is 1.56. The third-order valence-electron chi connectivity index (χ3n) is 3.75. The summed E-state index contributed by atoms with van der Waals surface area (Å²) in [6.07, 6.45) is 3.86. The zero-order valence-electron chi connectivity index (χ0n) is 15.7. The summed E-state index contributed by atoms with van der Waals surface area (Å²) in [6, 6.07) is 5.10. The predicted molar refractivity (Wildman–Crippen MR) is 107 cm³/mol. The van der Waals surface area contributed by atoms with Gasteiger partial charge in [-0.25, -0.2) is 0 Å². The summed E-state index contributed by atoms with van der Waals surface area (Å²) in [6.45, 7) is 11.8. The number of thioether (sulfide) groups is 1. The highest BCUT2D eigenvalue weighted by molar-refractivity contribution is 8.07. The second kappa shape index (κ2) is 7.88. The number of nitrogens with zero attached hydrogens (tertiary/aromatic N) is 1. The van der Waals surface area contributed by atoms with E-state index in [4.69, 9.17) is 16.3 Å². The molecule has 2 rings (SSSR count). The van der Waals surface area contributed by atoms with Gasteiger partial charge in [-0.05, 0) is 29.5 Å². The first-order chi connectivity index (χ1) is 11.6. The largest absolute Gasteiger partial charge is 0.496 e. The Balaban J connectivity index is 2.35. The smallest absolute Gasteiger partial charge is 0.192 e. The number of carbonyl (C=O) groups is 1. The van der Waals surface area contributed by atoms with Crippen molar-refractivity contribution in [1.82, 2.24) is 4.90 Å². The SMILES string of the molecule is COc1ccc(Cl)cc1C(=O)C=C1SC(C(C)(C)C)=CN1CC(C)C. The van der Waals surface area contributed by atoms with Gasteiger partial charge >= 0.3 is 0 Å². The Labute approximate surface area is 160 Å². The van der Waals surface area contributed by atoms with Gasteiger partial charge in [0.2, 0.25) is 0 Å². The second-order valence-electron chi connectivity index (χ2n) is 7.58. The Morgan fingerprint density at radius 2 is 2.04 bits per heavy atom. The molecule has 0 unspecified atom stereocenters. The lowest BCUT2D eigenvalue weighted by molar-refractivity contribution is 0.104. The monoisotopic (exact) mass is 379 g/mol. The molecule has 136 valence electrons. The molecule has 1 aliphatic rings. The molecule has 0 saturated carbocycles. The van der Waals surface area contributed by atoms with Gasteiger partial charge in [-0.1, -0.05) is 58.0 Å². The number of rotatable bonds is 5. The van der Waals surface area contributed by atoms with E-state index in [2.05, 4.69) is 45.7 Å². The molecule has 3 nitrogen and oxygen atoms in total. The maximum atomic E-state index is 12.8. The van der Waals surface area contributed by atoms with Crippen LogP contribution in [0.2, 0.25) is 5.02 Å². The lowest BCUT2D eigenvalue weighted by Gasteiger charge is -2.19. The minimum atomic E-state index is -0.0980. The Morgan fingerprint density at radius 1 is 1.36 bits per heavy atom.